The molecule has 17 heavy (non-hydrogen) atoms. The van der Waals surface area contributed by atoms with Gasteiger partial charge in [0.2, 0.25) is 0 Å². The fourth-order valence-corrected chi connectivity index (χ4v) is 1.48. The summed E-state index contributed by atoms with van der Waals surface area (Å²) in [5.74, 6) is -0.813. The number of carboxylic acids is 1. The van der Waals surface area contributed by atoms with E-state index < -0.39 is 11.4 Å². The van der Waals surface area contributed by atoms with Crippen LogP contribution in [-0.4, -0.2) is 30.2 Å². The van der Waals surface area contributed by atoms with Crippen molar-refractivity contribution in [3.63, 3.8) is 0 Å². The summed E-state index contributed by atoms with van der Waals surface area (Å²) in [4.78, 5) is 22.3. The number of carboxylic acid groups (broad SMARTS) is 1. The molecule has 0 heterocycles. The van der Waals surface area contributed by atoms with E-state index in [-0.39, 0.29) is 18.0 Å². The van der Waals surface area contributed by atoms with Crippen LogP contribution in [0.15, 0.2) is 0 Å². The molecule has 98 valence electrons. The maximum atomic E-state index is 11.4. The molecule has 0 bridgehead atoms. The molecule has 5 heteroatoms. The monoisotopic (exact) mass is 242 g/mol. The summed E-state index contributed by atoms with van der Waals surface area (Å²) >= 11 is 0. The first-order chi connectivity index (χ1) is 7.75. The van der Waals surface area contributed by atoms with E-state index in [0.29, 0.717) is 19.4 Å². The van der Waals surface area contributed by atoms with Crippen molar-refractivity contribution in [3.05, 3.63) is 0 Å². The van der Waals surface area contributed by atoms with Gasteiger partial charge >= 0.3 is 12.0 Å². The zero-order chi connectivity index (χ0) is 13.1. The number of amides is 2. The van der Waals surface area contributed by atoms with Gasteiger partial charge in [-0.25, -0.2) is 4.79 Å². The van der Waals surface area contributed by atoms with Crippen LogP contribution in [0.4, 0.5) is 4.79 Å². The quantitative estimate of drug-likeness (QED) is 0.685. The van der Waals surface area contributed by atoms with E-state index in [0.717, 1.165) is 6.42 Å². The minimum atomic E-state index is -0.813. The average Bonchev–Trinajstić information content (AvgIpc) is 2.93. The van der Waals surface area contributed by atoms with Crippen molar-refractivity contribution >= 4 is 12.0 Å². The van der Waals surface area contributed by atoms with Crippen LogP contribution in [0.2, 0.25) is 0 Å². The molecule has 0 aromatic rings. The number of urea groups is 1. The van der Waals surface area contributed by atoms with Crippen molar-refractivity contribution in [2.45, 2.75) is 40.0 Å². The topological polar surface area (TPSA) is 78.4 Å². The molecule has 1 saturated carbocycles. The number of rotatable bonds is 5. The van der Waals surface area contributed by atoms with Crippen LogP contribution in [-0.2, 0) is 4.79 Å². The maximum Gasteiger partial charge on any atom is 0.314 e. The molecule has 0 spiro atoms. The third kappa shape index (κ3) is 4.63. The van der Waals surface area contributed by atoms with Gasteiger partial charge < -0.3 is 15.7 Å². The summed E-state index contributed by atoms with van der Waals surface area (Å²) < 4.78 is 0. The molecule has 1 aliphatic carbocycles. The lowest BCUT2D eigenvalue weighted by molar-refractivity contribution is -0.143. The van der Waals surface area contributed by atoms with Crippen molar-refractivity contribution in [1.29, 1.82) is 0 Å². The molecular weight excluding hydrogens is 220 g/mol. The Morgan fingerprint density at radius 3 is 2.24 bits per heavy atom. The molecule has 1 fully saturated rings. The molecule has 0 aromatic carbocycles. The van der Waals surface area contributed by atoms with Crippen LogP contribution in [0.5, 0.6) is 0 Å². The number of hydrogen-bond acceptors (Lipinski definition) is 2. The molecule has 0 unspecified atom stereocenters. The van der Waals surface area contributed by atoms with Crippen molar-refractivity contribution in [2.75, 3.05) is 13.1 Å². The van der Waals surface area contributed by atoms with Crippen LogP contribution in [0, 0.1) is 10.8 Å². The highest BCUT2D eigenvalue weighted by Gasteiger charge is 2.50. The Morgan fingerprint density at radius 1 is 1.24 bits per heavy atom. The maximum absolute atomic E-state index is 11.4. The van der Waals surface area contributed by atoms with Crippen molar-refractivity contribution in [2.24, 2.45) is 10.8 Å². The second-order valence-corrected chi connectivity index (χ2v) is 6.01. The van der Waals surface area contributed by atoms with Gasteiger partial charge in [-0.1, -0.05) is 20.8 Å². The Balaban J connectivity index is 2.16. The lowest BCUT2D eigenvalue weighted by Crippen LogP contribution is -2.41. The van der Waals surface area contributed by atoms with Gasteiger partial charge in [-0.05, 0) is 24.7 Å². The van der Waals surface area contributed by atoms with Gasteiger partial charge in [0, 0.05) is 13.1 Å². The highest BCUT2D eigenvalue weighted by Crippen LogP contribution is 2.45. The second kappa shape index (κ2) is 4.94. The Labute approximate surface area is 102 Å². The Bertz CT molecular complexity index is 303. The molecule has 0 radical (unpaired) electrons. The molecule has 1 rings (SSSR count). The van der Waals surface area contributed by atoms with E-state index in [1.165, 1.54) is 0 Å². The summed E-state index contributed by atoms with van der Waals surface area (Å²) in [5, 5.41) is 14.3. The zero-order valence-corrected chi connectivity index (χ0v) is 10.8. The predicted octanol–water partition coefficient (Wildman–Crippen LogP) is 1.59. The molecule has 0 aliphatic heterocycles. The minimum Gasteiger partial charge on any atom is -0.481 e. The fourth-order valence-electron chi connectivity index (χ4n) is 1.48. The number of carbonyl (C=O) groups is 2. The Kier molecular flexibility index (Phi) is 4.01. The first-order valence-electron chi connectivity index (χ1n) is 6.00. The molecule has 1 aliphatic rings. The van der Waals surface area contributed by atoms with Gasteiger partial charge in [0.15, 0.2) is 0 Å². The highest BCUT2D eigenvalue weighted by molar-refractivity contribution is 5.80. The number of aliphatic carboxylic acids is 1. The third-order valence-electron chi connectivity index (χ3n) is 3.06. The van der Waals surface area contributed by atoms with Gasteiger partial charge in [-0.15, -0.1) is 0 Å². The van der Waals surface area contributed by atoms with Crippen LogP contribution in [0.25, 0.3) is 0 Å². The van der Waals surface area contributed by atoms with E-state index in [9.17, 15) is 9.59 Å². The summed E-state index contributed by atoms with van der Waals surface area (Å²) in [6.07, 6.45) is 2.21. The largest absolute Gasteiger partial charge is 0.481 e. The van der Waals surface area contributed by atoms with Crippen molar-refractivity contribution < 1.29 is 14.7 Å². The van der Waals surface area contributed by atoms with E-state index in [1.807, 2.05) is 0 Å². The van der Waals surface area contributed by atoms with Crippen LogP contribution in [0.3, 0.4) is 0 Å². The van der Waals surface area contributed by atoms with E-state index >= 15 is 0 Å². The van der Waals surface area contributed by atoms with E-state index in [1.54, 1.807) is 0 Å². The molecule has 3 N–H and O–H groups in total. The minimum absolute atomic E-state index is 0.187. The first-order valence-corrected chi connectivity index (χ1v) is 6.00. The molecular formula is C12H22N2O3. The van der Waals surface area contributed by atoms with E-state index in [2.05, 4.69) is 31.4 Å². The normalized spacial score (nSPS) is 17.4. The molecule has 2 amide bonds. The van der Waals surface area contributed by atoms with Crippen LogP contribution in [0.1, 0.15) is 40.0 Å². The van der Waals surface area contributed by atoms with Gasteiger partial charge in [0.05, 0.1) is 5.41 Å². The van der Waals surface area contributed by atoms with E-state index in [4.69, 9.17) is 5.11 Å². The SMILES string of the molecule is CC(C)(C)CCNC(=O)NCC1(C(=O)O)CC1. The zero-order valence-electron chi connectivity index (χ0n) is 10.8. The Hall–Kier alpha value is -1.26. The fraction of sp³-hybridized carbons (Fsp3) is 0.833. The summed E-state index contributed by atoms with van der Waals surface area (Å²) in [5.41, 5.74) is -0.507. The van der Waals surface area contributed by atoms with Gasteiger partial charge in [0.25, 0.3) is 0 Å². The standard InChI is InChI=1S/C12H22N2O3/c1-11(2,3)6-7-13-10(17)14-8-12(4-5-12)9(15)16/h4-8H2,1-3H3,(H,15,16)(H2,13,14,17). The van der Waals surface area contributed by atoms with Gasteiger partial charge in [-0.3, -0.25) is 4.79 Å². The highest BCUT2D eigenvalue weighted by atomic mass is 16.4. The van der Waals surface area contributed by atoms with Crippen LogP contribution >= 0.6 is 0 Å². The molecule has 0 saturated heterocycles. The number of hydrogen-bond donors (Lipinski definition) is 3. The van der Waals surface area contributed by atoms with Crippen molar-refractivity contribution in [1.82, 2.24) is 10.6 Å². The summed E-state index contributed by atoms with van der Waals surface area (Å²) in [7, 11) is 0. The lowest BCUT2D eigenvalue weighted by atomic mass is 9.92. The number of carbonyl (C=O) groups excluding carboxylic acids is 1. The smallest absolute Gasteiger partial charge is 0.314 e. The average molecular weight is 242 g/mol. The van der Waals surface area contributed by atoms with Crippen LogP contribution < -0.4 is 10.6 Å². The number of nitrogens with one attached hydrogen (secondary N) is 2. The predicted molar refractivity (Wildman–Crippen MR) is 64.8 cm³/mol. The molecule has 5 nitrogen and oxygen atoms in total. The van der Waals surface area contributed by atoms with Gasteiger partial charge in [-0.2, -0.15) is 0 Å². The lowest BCUT2D eigenvalue weighted by Gasteiger charge is -2.18. The summed E-state index contributed by atoms with van der Waals surface area (Å²) in [6, 6.07) is -0.276. The second-order valence-electron chi connectivity index (χ2n) is 6.01. The van der Waals surface area contributed by atoms with Crippen molar-refractivity contribution in [3.8, 4) is 0 Å². The summed E-state index contributed by atoms with van der Waals surface area (Å²) in [6.45, 7) is 7.15. The third-order valence-corrected chi connectivity index (χ3v) is 3.06. The molecule has 0 aromatic heterocycles. The Morgan fingerprint density at radius 2 is 1.82 bits per heavy atom. The van der Waals surface area contributed by atoms with Gasteiger partial charge in [0.1, 0.15) is 0 Å². The molecule has 0 atom stereocenters. The first kappa shape index (κ1) is 13.8.